The molecule has 4 saturated carbocycles. The summed E-state index contributed by atoms with van der Waals surface area (Å²) in [4.78, 5) is 22.5. The minimum Gasteiger partial charge on any atom is -0.358 e. The summed E-state index contributed by atoms with van der Waals surface area (Å²) in [7, 11) is 0. The zero-order chi connectivity index (χ0) is 17.6. The molecule has 0 unspecified atom stereocenters. The van der Waals surface area contributed by atoms with Gasteiger partial charge in [-0.05, 0) is 82.5 Å². The van der Waals surface area contributed by atoms with Crippen LogP contribution in [0.2, 0.25) is 0 Å². The Morgan fingerprint density at radius 3 is 2.44 bits per heavy atom. The Labute approximate surface area is 154 Å². The molecule has 7 nitrogen and oxygen atoms in total. The maximum absolute atomic E-state index is 12.2. The highest BCUT2D eigenvalue weighted by Gasteiger charge is 2.50. The molecule has 136 valence electrons. The summed E-state index contributed by atoms with van der Waals surface area (Å²) < 4.78 is 1.79. The molecular formula is C17H23BrN4O3. The average molecular weight is 411 g/mol. The normalized spacial score (nSPS) is 32.8. The fourth-order valence-corrected chi connectivity index (χ4v) is 6.18. The zero-order valence-corrected chi connectivity index (χ0v) is 15.7. The molecule has 1 aromatic heterocycles. The minimum absolute atomic E-state index is 0.00465. The van der Waals surface area contributed by atoms with E-state index in [0.29, 0.717) is 16.4 Å². The van der Waals surface area contributed by atoms with Crippen molar-refractivity contribution in [3.63, 3.8) is 0 Å². The number of hydrogen-bond acceptors (Lipinski definition) is 4. The van der Waals surface area contributed by atoms with Crippen molar-refractivity contribution >= 4 is 27.7 Å². The highest BCUT2D eigenvalue weighted by Crippen LogP contribution is 2.59. The van der Waals surface area contributed by atoms with Gasteiger partial charge in [-0.3, -0.25) is 4.79 Å². The molecule has 0 saturated heterocycles. The predicted octanol–water partition coefficient (Wildman–Crippen LogP) is 3.28. The van der Waals surface area contributed by atoms with E-state index in [9.17, 15) is 14.9 Å². The van der Waals surface area contributed by atoms with Crippen LogP contribution in [0.15, 0.2) is 10.7 Å². The molecule has 25 heavy (non-hydrogen) atoms. The van der Waals surface area contributed by atoms with Crippen molar-refractivity contribution in [2.24, 2.45) is 23.2 Å². The second-order valence-corrected chi connectivity index (χ2v) is 9.12. The monoisotopic (exact) mass is 410 g/mol. The Hall–Kier alpha value is -1.44. The zero-order valence-electron chi connectivity index (χ0n) is 14.1. The summed E-state index contributed by atoms with van der Waals surface area (Å²) in [5.41, 5.74) is 0.331. The molecular weight excluding hydrogens is 388 g/mol. The van der Waals surface area contributed by atoms with Gasteiger partial charge < -0.3 is 15.4 Å². The van der Waals surface area contributed by atoms with Gasteiger partial charge in [0.25, 0.3) is 0 Å². The summed E-state index contributed by atoms with van der Waals surface area (Å²) in [5, 5.41) is 17.8. The van der Waals surface area contributed by atoms with Crippen molar-refractivity contribution in [3.05, 3.63) is 20.8 Å². The topological polar surface area (TPSA) is 90.1 Å². The fourth-order valence-electron chi connectivity index (χ4n) is 5.72. The van der Waals surface area contributed by atoms with E-state index in [-0.39, 0.29) is 18.1 Å². The van der Waals surface area contributed by atoms with Crippen LogP contribution in [0.1, 0.15) is 44.9 Å². The number of rotatable bonds is 6. The second-order valence-electron chi connectivity index (χ2n) is 8.27. The molecule has 0 radical (unpaired) electrons. The minimum atomic E-state index is -0.534. The molecule has 0 aliphatic heterocycles. The molecule has 4 fully saturated rings. The molecule has 0 atom stereocenters. The van der Waals surface area contributed by atoms with E-state index in [1.54, 1.807) is 6.20 Å². The first-order valence-electron chi connectivity index (χ1n) is 9.06. The van der Waals surface area contributed by atoms with Crippen LogP contribution in [0.3, 0.4) is 0 Å². The highest BCUT2D eigenvalue weighted by atomic mass is 79.9. The average Bonchev–Trinajstić information content (AvgIpc) is 2.91. The summed E-state index contributed by atoms with van der Waals surface area (Å²) in [6.07, 6.45) is 9.87. The first-order chi connectivity index (χ1) is 11.9. The molecule has 8 heteroatoms. The molecule has 1 amide bonds. The van der Waals surface area contributed by atoms with Gasteiger partial charge in [0.15, 0.2) is 0 Å². The number of hydrogen-bond donors (Lipinski definition) is 1. The SMILES string of the molecule is O=C(CCn1cc(Br)c([N+](=O)[O-])n1)NCC12CC3CC(CC(C3)C1)C2. The van der Waals surface area contributed by atoms with Crippen LogP contribution < -0.4 is 5.32 Å². The van der Waals surface area contributed by atoms with E-state index in [4.69, 9.17) is 0 Å². The van der Waals surface area contributed by atoms with Crippen LogP contribution in [0.4, 0.5) is 5.82 Å². The van der Waals surface area contributed by atoms with E-state index in [0.717, 1.165) is 24.3 Å². The first kappa shape index (κ1) is 17.0. The van der Waals surface area contributed by atoms with Gasteiger partial charge in [0, 0.05) is 13.0 Å². The third-order valence-corrected chi connectivity index (χ3v) is 6.83. The summed E-state index contributed by atoms with van der Waals surface area (Å²) in [6, 6.07) is 0. The molecule has 1 aromatic rings. The first-order valence-corrected chi connectivity index (χ1v) is 9.86. The highest BCUT2D eigenvalue weighted by molar-refractivity contribution is 9.10. The predicted molar refractivity (Wildman–Crippen MR) is 94.8 cm³/mol. The number of amides is 1. The molecule has 1 N–H and O–H groups in total. The largest absolute Gasteiger partial charge is 0.404 e. The molecule has 0 spiro atoms. The van der Waals surface area contributed by atoms with E-state index in [2.05, 4.69) is 26.3 Å². The summed E-state index contributed by atoms with van der Waals surface area (Å²) in [6.45, 7) is 1.14. The van der Waals surface area contributed by atoms with Gasteiger partial charge >= 0.3 is 5.82 Å². The van der Waals surface area contributed by atoms with E-state index in [1.165, 1.54) is 43.2 Å². The molecule has 4 aliphatic rings. The van der Waals surface area contributed by atoms with Crippen molar-refractivity contribution in [2.75, 3.05) is 6.54 Å². The Balaban J connectivity index is 1.28. The number of carbonyl (C=O) groups excluding carboxylic acids is 1. The lowest BCUT2D eigenvalue weighted by molar-refractivity contribution is -0.390. The van der Waals surface area contributed by atoms with Crippen molar-refractivity contribution in [1.82, 2.24) is 15.1 Å². The van der Waals surface area contributed by atoms with Crippen molar-refractivity contribution in [1.29, 1.82) is 0 Å². The van der Waals surface area contributed by atoms with E-state index in [1.807, 2.05) is 0 Å². The van der Waals surface area contributed by atoms with Gasteiger partial charge in [-0.1, -0.05) is 0 Å². The Morgan fingerprint density at radius 1 is 1.32 bits per heavy atom. The quantitative estimate of drug-likeness (QED) is 0.575. The van der Waals surface area contributed by atoms with Crippen LogP contribution in [0.5, 0.6) is 0 Å². The van der Waals surface area contributed by atoms with Crippen LogP contribution in [-0.2, 0) is 11.3 Å². The van der Waals surface area contributed by atoms with Gasteiger partial charge in [0.2, 0.25) is 5.91 Å². The van der Waals surface area contributed by atoms with Gasteiger partial charge in [0.05, 0.1) is 17.8 Å². The second kappa shape index (κ2) is 6.37. The van der Waals surface area contributed by atoms with Crippen LogP contribution >= 0.6 is 15.9 Å². The van der Waals surface area contributed by atoms with Gasteiger partial charge in [-0.25, -0.2) is 0 Å². The number of carbonyl (C=O) groups is 1. The molecule has 5 rings (SSSR count). The van der Waals surface area contributed by atoms with E-state index < -0.39 is 4.92 Å². The third kappa shape index (κ3) is 3.45. The fraction of sp³-hybridized carbons (Fsp3) is 0.765. The third-order valence-electron chi connectivity index (χ3n) is 6.27. The van der Waals surface area contributed by atoms with Crippen molar-refractivity contribution < 1.29 is 9.72 Å². The van der Waals surface area contributed by atoms with Crippen molar-refractivity contribution in [2.45, 2.75) is 51.5 Å². The van der Waals surface area contributed by atoms with Crippen LogP contribution in [-0.4, -0.2) is 27.2 Å². The van der Waals surface area contributed by atoms with Gasteiger partial charge in [0.1, 0.15) is 4.47 Å². The lowest BCUT2D eigenvalue weighted by atomic mass is 9.49. The Bertz CT molecular complexity index is 667. The summed E-state index contributed by atoms with van der Waals surface area (Å²) in [5.74, 6) is 2.43. The lowest BCUT2D eigenvalue weighted by Crippen LogP contribution is -2.51. The van der Waals surface area contributed by atoms with Crippen LogP contribution in [0, 0.1) is 33.3 Å². The van der Waals surface area contributed by atoms with Gasteiger partial charge in [-0.15, -0.1) is 0 Å². The molecule has 4 bridgehead atoms. The number of aromatic nitrogens is 2. The standard InChI is InChI=1S/C17H23BrN4O3/c18-14-9-21(20-16(14)22(24)25)2-1-15(23)19-10-17-6-11-3-12(7-17)5-13(4-11)8-17/h9,11-13H,1-8,10H2,(H,19,23). The Kier molecular flexibility index (Phi) is 4.33. The number of nitrogens with zero attached hydrogens (tertiary/aromatic N) is 3. The smallest absolute Gasteiger partial charge is 0.358 e. The van der Waals surface area contributed by atoms with Gasteiger partial charge in [-0.2, -0.15) is 4.68 Å². The van der Waals surface area contributed by atoms with Crippen molar-refractivity contribution in [3.8, 4) is 0 Å². The molecule has 4 aliphatic carbocycles. The number of halogens is 1. The maximum Gasteiger partial charge on any atom is 0.404 e. The number of nitro groups is 1. The Morgan fingerprint density at radius 2 is 1.92 bits per heavy atom. The molecule has 0 aromatic carbocycles. The van der Waals surface area contributed by atoms with E-state index >= 15 is 0 Å². The number of aryl methyl sites for hydroxylation is 1. The number of nitrogens with one attached hydrogen (secondary N) is 1. The van der Waals surface area contributed by atoms with Crippen LogP contribution in [0.25, 0.3) is 0 Å². The summed E-state index contributed by atoms with van der Waals surface area (Å²) >= 11 is 3.12. The maximum atomic E-state index is 12.2. The lowest BCUT2D eigenvalue weighted by Gasteiger charge is -2.56. The molecule has 1 heterocycles.